The predicted octanol–water partition coefficient (Wildman–Crippen LogP) is 2.91. The molecule has 1 aromatic heterocycles. The number of nitrogens with one attached hydrogen (secondary N) is 1. The van der Waals surface area contributed by atoms with E-state index in [1.807, 2.05) is 6.07 Å². The molecule has 1 aliphatic carbocycles. The third-order valence-corrected chi connectivity index (χ3v) is 4.56. The molecule has 0 spiro atoms. The van der Waals surface area contributed by atoms with Crippen LogP contribution in [0.4, 0.5) is 5.13 Å². The van der Waals surface area contributed by atoms with Crippen molar-refractivity contribution in [1.29, 1.82) is 5.26 Å². The number of aryl methyl sites for hydroxylation is 2. The summed E-state index contributed by atoms with van der Waals surface area (Å²) in [7, 11) is 0. The number of carbonyl (C=O) groups excluding carboxylic acids is 1. The van der Waals surface area contributed by atoms with Crippen molar-refractivity contribution < 1.29 is 9.53 Å². The van der Waals surface area contributed by atoms with Crippen molar-refractivity contribution in [2.45, 2.75) is 32.3 Å². The number of benzene rings is 1. The lowest BCUT2D eigenvalue weighted by atomic mass is 10.2. The number of rotatable bonds is 4. The van der Waals surface area contributed by atoms with Gasteiger partial charge in [-0.15, -0.1) is 11.3 Å². The van der Waals surface area contributed by atoms with Gasteiger partial charge in [-0.3, -0.25) is 10.1 Å². The van der Waals surface area contributed by atoms with Crippen molar-refractivity contribution in [3.8, 4) is 11.8 Å². The van der Waals surface area contributed by atoms with Crippen LogP contribution in [0.3, 0.4) is 0 Å². The predicted molar refractivity (Wildman–Crippen MR) is 84.0 cm³/mol. The summed E-state index contributed by atoms with van der Waals surface area (Å²) in [6.07, 6.45) is 2.58. The van der Waals surface area contributed by atoms with Gasteiger partial charge in [-0.05, 0) is 50.5 Å². The molecule has 22 heavy (non-hydrogen) atoms. The molecule has 6 heteroatoms. The van der Waals surface area contributed by atoms with Crippen molar-refractivity contribution in [2.24, 2.45) is 0 Å². The van der Waals surface area contributed by atoms with Crippen molar-refractivity contribution in [3.05, 3.63) is 40.4 Å². The number of fused-ring (bicyclic) bond motifs is 1. The molecular weight excluding hydrogens is 298 g/mol. The van der Waals surface area contributed by atoms with E-state index in [1.165, 1.54) is 4.88 Å². The molecule has 0 fully saturated rings. The maximum Gasteiger partial charge on any atom is 0.266 e. The maximum atomic E-state index is 12.1. The summed E-state index contributed by atoms with van der Waals surface area (Å²) >= 11 is 1.54. The van der Waals surface area contributed by atoms with Crippen LogP contribution in [0.1, 0.15) is 29.5 Å². The van der Waals surface area contributed by atoms with Crippen LogP contribution in [0.2, 0.25) is 0 Å². The molecule has 112 valence electrons. The fourth-order valence-electron chi connectivity index (χ4n) is 2.32. The Morgan fingerprint density at radius 1 is 1.41 bits per heavy atom. The number of nitrogens with zero attached hydrogens (tertiary/aromatic N) is 2. The molecular formula is C16H15N3O2S. The molecule has 0 saturated carbocycles. The van der Waals surface area contributed by atoms with E-state index >= 15 is 0 Å². The molecule has 1 atom stereocenters. The van der Waals surface area contributed by atoms with E-state index in [0.717, 1.165) is 25.0 Å². The molecule has 0 bridgehead atoms. The lowest BCUT2D eigenvalue weighted by Gasteiger charge is -2.13. The highest BCUT2D eigenvalue weighted by Crippen LogP contribution is 2.30. The molecule has 0 saturated heterocycles. The van der Waals surface area contributed by atoms with Gasteiger partial charge in [-0.1, -0.05) is 0 Å². The van der Waals surface area contributed by atoms with Crippen molar-refractivity contribution in [2.75, 3.05) is 5.32 Å². The van der Waals surface area contributed by atoms with Gasteiger partial charge in [0, 0.05) is 4.88 Å². The highest BCUT2D eigenvalue weighted by Gasteiger charge is 2.20. The fraction of sp³-hybridized carbons (Fsp3) is 0.312. The number of aromatic nitrogens is 1. The molecule has 0 unspecified atom stereocenters. The van der Waals surface area contributed by atoms with E-state index in [1.54, 1.807) is 42.5 Å². The molecule has 1 heterocycles. The van der Waals surface area contributed by atoms with Gasteiger partial charge in [-0.2, -0.15) is 5.26 Å². The van der Waals surface area contributed by atoms with E-state index in [4.69, 9.17) is 10.00 Å². The molecule has 5 nitrogen and oxygen atoms in total. The summed E-state index contributed by atoms with van der Waals surface area (Å²) in [6.45, 7) is 1.69. The van der Waals surface area contributed by atoms with Crippen LogP contribution in [-0.4, -0.2) is 17.0 Å². The summed E-state index contributed by atoms with van der Waals surface area (Å²) < 4.78 is 5.58. The average molecular weight is 313 g/mol. The topological polar surface area (TPSA) is 75.0 Å². The summed E-state index contributed by atoms with van der Waals surface area (Å²) in [5, 5.41) is 12.2. The first kappa shape index (κ1) is 14.5. The minimum absolute atomic E-state index is 0.225. The number of amides is 1. The zero-order valence-electron chi connectivity index (χ0n) is 12.1. The van der Waals surface area contributed by atoms with Crippen molar-refractivity contribution >= 4 is 22.4 Å². The van der Waals surface area contributed by atoms with Crippen LogP contribution in [0.5, 0.6) is 5.75 Å². The Kier molecular flexibility index (Phi) is 4.07. The molecule has 0 radical (unpaired) electrons. The van der Waals surface area contributed by atoms with E-state index in [9.17, 15) is 4.79 Å². The quantitative estimate of drug-likeness (QED) is 0.941. The lowest BCUT2D eigenvalue weighted by Crippen LogP contribution is -2.30. The smallest absolute Gasteiger partial charge is 0.266 e. The Bertz CT molecular complexity index is 709. The maximum absolute atomic E-state index is 12.1. The van der Waals surface area contributed by atoms with Gasteiger partial charge in [0.15, 0.2) is 11.2 Å². The summed E-state index contributed by atoms with van der Waals surface area (Å²) in [5.74, 6) is 0.333. The molecule has 1 amide bonds. The van der Waals surface area contributed by atoms with E-state index in [2.05, 4.69) is 10.3 Å². The molecule has 3 rings (SSSR count). The van der Waals surface area contributed by atoms with E-state index in [0.29, 0.717) is 16.4 Å². The highest BCUT2D eigenvalue weighted by molar-refractivity contribution is 7.15. The molecule has 1 N–H and O–H groups in total. The number of anilines is 1. The standard InChI is InChI=1S/C16H15N3O2S/c1-10(21-12-7-5-11(9-17)6-8-12)15(20)19-16-18-13-3-2-4-14(13)22-16/h5-8,10H,2-4H2,1H3,(H,18,19,20)/t10-/m0/s1. The highest BCUT2D eigenvalue weighted by atomic mass is 32.1. The van der Waals surface area contributed by atoms with Crippen molar-refractivity contribution in [3.63, 3.8) is 0 Å². The molecule has 0 aliphatic heterocycles. The molecule has 1 aliphatic rings. The van der Waals surface area contributed by atoms with E-state index < -0.39 is 6.10 Å². The first-order chi connectivity index (χ1) is 10.7. The Hall–Kier alpha value is -2.39. The summed E-state index contributed by atoms with van der Waals surface area (Å²) in [4.78, 5) is 17.9. The van der Waals surface area contributed by atoms with Gasteiger partial charge in [-0.25, -0.2) is 4.98 Å². The second-order valence-corrected chi connectivity index (χ2v) is 6.21. The number of thiazole rings is 1. The first-order valence-electron chi connectivity index (χ1n) is 7.12. The minimum Gasteiger partial charge on any atom is -0.481 e. The van der Waals surface area contributed by atoms with E-state index in [-0.39, 0.29) is 5.91 Å². The van der Waals surface area contributed by atoms with Crippen LogP contribution in [0.15, 0.2) is 24.3 Å². The summed E-state index contributed by atoms with van der Waals surface area (Å²) in [5.41, 5.74) is 1.67. The lowest BCUT2D eigenvalue weighted by molar-refractivity contribution is -0.122. The van der Waals surface area contributed by atoms with Gasteiger partial charge >= 0.3 is 0 Å². The normalized spacial score (nSPS) is 14.0. The Labute approximate surface area is 132 Å². The zero-order valence-corrected chi connectivity index (χ0v) is 12.9. The van der Waals surface area contributed by atoms with Crippen LogP contribution >= 0.6 is 11.3 Å². The first-order valence-corrected chi connectivity index (χ1v) is 7.93. The fourth-order valence-corrected chi connectivity index (χ4v) is 3.37. The SMILES string of the molecule is C[C@H](Oc1ccc(C#N)cc1)C(=O)Nc1nc2c(s1)CCC2. The largest absolute Gasteiger partial charge is 0.481 e. The Morgan fingerprint density at radius 3 is 2.86 bits per heavy atom. The average Bonchev–Trinajstić information content (AvgIpc) is 3.09. The Morgan fingerprint density at radius 2 is 2.18 bits per heavy atom. The Balaban J connectivity index is 1.60. The van der Waals surface area contributed by atoms with Gasteiger partial charge in [0.05, 0.1) is 17.3 Å². The van der Waals surface area contributed by atoms with Crippen molar-refractivity contribution in [1.82, 2.24) is 4.98 Å². The number of nitriles is 1. The molecule has 2 aromatic rings. The summed E-state index contributed by atoms with van der Waals surface area (Å²) in [6, 6.07) is 8.72. The number of carbonyl (C=O) groups is 1. The van der Waals surface area contributed by atoms with Crippen LogP contribution in [-0.2, 0) is 17.6 Å². The van der Waals surface area contributed by atoms with Gasteiger partial charge < -0.3 is 4.74 Å². The van der Waals surface area contributed by atoms with Crippen LogP contribution < -0.4 is 10.1 Å². The minimum atomic E-state index is -0.633. The van der Waals surface area contributed by atoms with Gasteiger partial charge in [0.1, 0.15) is 5.75 Å². The zero-order chi connectivity index (χ0) is 15.5. The number of ether oxygens (including phenoxy) is 1. The van der Waals surface area contributed by atoms with Gasteiger partial charge in [0.2, 0.25) is 0 Å². The second kappa shape index (κ2) is 6.16. The molecule has 1 aromatic carbocycles. The number of hydrogen-bond donors (Lipinski definition) is 1. The number of hydrogen-bond acceptors (Lipinski definition) is 5. The van der Waals surface area contributed by atoms with Crippen LogP contribution in [0, 0.1) is 11.3 Å². The van der Waals surface area contributed by atoms with Gasteiger partial charge in [0.25, 0.3) is 5.91 Å². The third-order valence-electron chi connectivity index (χ3n) is 3.49. The third kappa shape index (κ3) is 3.10. The van der Waals surface area contributed by atoms with Crippen LogP contribution in [0.25, 0.3) is 0 Å². The monoisotopic (exact) mass is 313 g/mol. The second-order valence-electron chi connectivity index (χ2n) is 5.13.